The smallest absolute Gasteiger partial charge is 0.0705 e. The van der Waals surface area contributed by atoms with Gasteiger partial charge in [-0.3, -0.25) is 4.98 Å². The van der Waals surface area contributed by atoms with Crippen molar-refractivity contribution in [2.24, 2.45) is 5.92 Å². The van der Waals surface area contributed by atoms with Crippen LogP contribution in [0.15, 0.2) is 30.3 Å². The summed E-state index contributed by atoms with van der Waals surface area (Å²) < 4.78 is 0. The van der Waals surface area contributed by atoms with Crippen LogP contribution in [0.5, 0.6) is 0 Å². The number of rotatable bonds is 5. The second-order valence-corrected chi connectivity index (χ2v) is 5.33. The number of hydrogen-bond acceptors (Lipinski definition) is 2. The van der Waals surface area contributed by atoms with Crippen molar-refractivity contribution in [3.63, 3.8) is 0 Å². The molecule has 0 amide bonds. The summed E-state index contributed by atoms with van der Waals surface area (Å²) in [6.45, 7) is 9.76. The third-order valence-electron chi connectivity index (χ3n) is 3.85. The van der Waals surface area contributed by atoms with Crippen LogP contribution in [0.25, 0.3) is 10.9 Å². The second kappa shape index (κ2) is 6.16. The predicted molar refractivity (Wildman–Crippen MR) is 82.4 cm³/mol. The van der Waals surface area contributed by atoms with E-state index in [0.717, 1.165) is 17.8 Å². The molecule has 19 heavy (non-hydrogen) atoms. The molecule has 0 spiro atoms. The van der Waals surface area contributed by atoms with E-state index in [-0.39, 0.29) is 0 Å². The van der Waals surface area contributed by atoms with Gasteiger partial charge in [0.1, 0.15) is 0 Å². The molecule has 102 valence electrons. The van der Waals surface area contributed by atoms with Crippen molar-refractivity contribution in [3.8, 4) is 0 Å². The molecule has 0 aliphatic rings. The number of hydrogen-bond donors (Lipinski definition) is 1. The van der Waals surface area contributed by atoms with Gasteiger partial charge in [-0.25, -0.2) is 0 Å². The molecule has 0 bridgehead atoms. The summed E-state index contributed by atoms with van der Waals surface area (Å²) in [4.78, 5) is 4.57. The number of pyridine rings is 1. The zero-order valence-corrected chi connectivity index (χ0v) is 12.4. The minimum absolute atomic E-state index is 0.431. The molecule has 2 heteroatoms. The molecule has 0 saturated heterocycles. The summed E-state index contributed by atoms with van der Waals surface area (Å²) in [6.07, 6.45) is 1.18. The SMILES string of the molecule is CCNC(c1ccc2nc(C)ccc2c1)C(C)CC. The lowest BCUT2D eigenvalue weighted by Gasteiger charge is -2.24. The molecular weight excluding hydrogens is 232 g/mol. The van der Waals surface area contributed by atoms with E-state index >= 15 is 0 Å². The molecule has 0 fully saturated rings. The molecule has 1 aromatic heterocycles. The van der Waals surface area contributed by atoms with Gasteiger partial charge in [0.15, 0.2) is 0 Å². The number of fused-ring (bicyclic) bond motifs is 1. The van der Waals surface area contributed by atoms with Crippen LogP contribution in [0.3, 0.4) is 0 Å². The maximum absolute atomic E-state index is 4.57. The zero-order chi connectivity index (χ0) is 13.8. The standard InChI is InChI=1S/C17H24N2/c1-5-12(3)17(18-6-2)15-9-10-16-14(11-15)8-7-13(4)19-16/h7-12,17-18H,5-6H2,1-4H3. The monoisotopic (exact) mass is 256 g/mol. The molecule has 0 radical (unpaired) electrons. The number of aromatic nitrogens is 1. The molecule has 2 atom stereocenters. The van der Waals surface area contributed by atoms with Crippen LogP contribution in [-0.4, -0.2) is 11.5 Å². The molecule has 1 aromatic carbocycles. The molecule has 0 saturated carbocycles. The van der Waals surface area contributed by atoms with Crippen molar-refractivity contribution in [2.75, 3.05) is 6.54 Å². The minimum atomic E-state index is 0.431. The maximum Gasteiger partial charge on any atom is 0.0705 e. The van der Waals surface area contributed by atoms with Gasteiger partial charge in [-0.1, -0.05) is 39.3 Å². The Balaban J connectivity index is 2.40. The van der Waals surface area contributed by atoms with Gasteiger partial charge in [-0.2, -0.15) is 0 Å². The van der Waals surface area contributed by atoms with Crippen molar-refractivity contribution in [1.82, 2.24) is 10.3 Å². The summed E-state index contributed by atoms with van der Waals surface area (Å²) >= 11 is 0. The zero-order valence-electron chi connectivity index (χ0n) is 12.4. The molecule has 1 heterocycles. The average molecular weight is 256 g/mol. The average Bonchev–Trinajstić information content (AvgIpc) is 2.43. The van der Waals surface area contributed by atoms with Gasteiger partial charge in [-0.05, 0) is 43.1 Å². The summed E-state index contributed by atoms with van der Waals surface area (Å²) in [5, 5.41) is 4.84. The number of benzene rings is 1. The van der Waals surface area contributed by atoms with Crippen molar-refractivity contribution >= 4 is 10.9 Å². The third-order valence-corrected chi connectivity index (χ3v) is 3.85. The Morgan fingerprint density at radius 2 is 1.95 bits per heavy atom. The molecule has 0 aliphatic heterocycles. The Kier molecular flexibility index (Phi) is 4.54. The van der Waals surface area contributed by atoms with E-state index in [0.29, 0.717) is 12.0 Å². The van der Waals surface area contributed by atoms with E-state index in [9.17, 15) is 0 Å². The highest BCUT2D eigenvalue weighted by atomic mass is 14.9. The van der Waals surface area contributed by atoms with Gasteiger partial charge >= 0.3 is 0 Å². The lowest BCUT2D eigenvalue weighted by atomic mass is 9.91. The first kappa shape index (κ1) is 14.0. The van der Waals surface area contributed by atoms with E-state index < -0.39 is 0 Å². The highest BCUT2D eigenvalue weighted by molar-refractivity contribution is 5.79. The van der Waals surface area contributed by atoms with Crippen molar-refractivity contribution in [3.05, 3.63) is 41.6 Å². The molecular formula is C17H24N2. The van der Waals surface area contributed by atoms with Crippen LogP contribution < -0.4 is 5.32 Å². The molecule has 2 rings (SSSR count). The lowest BCUT2D eigenvalue weighted by Crippen LogP contribution is -2.26. The van der Waals surface area contributed by atoms with Gasteiger partial charge < -0.3 is 5.32 Å². The molecule has 2 aromatic rings. The van der Waals surface area contributed by atoms with Gasteiger partial charge in [0.2, 0.25) is 0 Å². The van der Waals surface area contributed by atoms with Crippen molar-refractivity contribution in [2.45, 2.75) is 40.2 Å². The number of nitrogens with one attached hydrogen (secondary N) is 1. The topological polar surface area (TPSA) is 24.9 Å². The van der Waals surface area contributed by atoms with E-state index in [2.05, 4.69) is 61.4 Å². The van der Waals surface area contributed by atoms with Crippen LogP contribution in [0.1, 0.15) is 44.5 Å². The fourth-order valence-electron chi connectivity index (χ4n) is 2.54. The van der Waals surface area contributed by atoms with E-state index in [1.54, 1.807) is 0 Å². The highest BCUT2D eigenvalue weighted by Crippen LogP contribution is 2.26. The van der Waals surface area contributed by atoms with Crippen LogP contribution in [0.2, 0.25) is 0 Å². The predicted octanol–water partition coefficient (Wildman–Crippen LogP) is 4.24. The largest absolute Gasteiger partial charge is 0.310 e. The summed E-state index contributed by atoms with van der Waals surface area (Å²) in [7, 11) is 0. The number of nitrogens with zero attached hydrogens (tertiary/aromatic N) is 1. The summed E-state index contributed by atoms with van der Waals surface area (Å²) in [5.41, 5.74) is 3.53. The highest BCUT2D eigenvalue weighted by Gasteiger charge is 2.17. The molecule has 2 unspecified atom stereocenters. The first-order chi connectivity index (χ1) is 9.15. The van der Waals surface area contributed by atoms with E-state index in [1.807, 2.05) is 6.92 Å². The Labute approximate surface area is 116 Å². The normalized spacial score (nSPS) is 14.5. The van der Waals surface area contributed by atoms with E-state index in [1.165, 1.54) is 17.4 Å². The van der Waals surface area contributed by atoms with Crippen LogP contribution >= 0.6 is 0 Å². The van der Waals surface area contributed by atoms with Gasteiger partial charge in [0, 0.05) is 17.1 Å². The molecule has 0 aliphatic carbocycles. The lowest BCUT2D eigenvalue weighted by molar-refractivity contribution is 0.384. The second-order valence-electron chi connectivity index (χ2n) is 5.33. The summed E-state index contributed by atoms with van der Waals surface area (Å²) in [6, 6.07) is 11.3. The van der Waals surface area contributed by atoms with Gasteiger partial charge in [0.25, 0.3) is 0 Å². The quantitative estimate of drug-likeness (QED) is 0.865. The van der Waals surface area contributed by atoms with Crippen LogP contribution in [0, 0.1) is 12.8 Å². The van der Waals surface area contributed by atoms with Crippen LogP contribution in [0.4, 0.5) is 0 Å². The minimum Gasteiger partial charge on any atom is -0.310 e. The fourth-order valence-corrected chi connectivity index (χ4v) is 2.54. The first-order valence-electron chi connectivity index (χ1n) is 7.26. The molecule has 2 nitrogen and oxygen atoms in total. The van der Waals surface area contributed by atoms with Gasteiger partial charge in [-0.15, -0.1) is 0 Å². The number of aryl methyl sites for hydroxylation is 1. The fraction of sp³-hybridized carbons (Fsp3) is 0.471. The van der Waals surface area contributed by atoms with Crippen molar-refractivity contribution < 1.29 is 0 Å². The third kappa shape index (κ3) is 3.13. The first-order valence-corrected chi connectivity index (χ1v) is 7.26. The Hall–Kier alpha value is -1.41. The van der Waals surface area contributed by atoms with E-state index in [4.69, 9.17) is 0 Å². The van der Waals surface area contributed by atoms with Crippen molar-refractivity contribution in [1.29, 1.82) is 0 Å². The Bertz CT molecular complexity index is 548. The Morgan fingerprint density at radius 3 is 2.63 bits per heavy atom. The van der Waals surface area contributed by atoms with Gasteiger partial charge in [0.05, 0.1) is 5.52 Å². The Morgan fingerprint density at radius 1 is 1.16 bits per heavy atom. The molecule has 1 N–H and O–H groups in total. The summed E-state index contributed by atoms with van der Waals surface area (Å²) in [5.74, 6) is 0.635. The van der Waals surface area contributed by atoms with Crippen LogP contribution in [-0.2, 0) is 0 Å². The maximum atomic E-state index is 4.57.